The van der Waals surface area contributed by atoms with Gasteiger partial charge in [-0.1, -0.05) is 38.8 Å². The molecule has 0 bridgehead atoms. The van der Waals surface area contributed by atoms with Gasteiger partial charge in [-0.15, -0.1) is 0 Å². The third-order valence-corrected chi connectivity index (χ3v) is 4.31. The lowest BCUT2D eigenvalue weighted by molar-refractivity contribution is -0.0958. The molecule has 0 radical (unpaired) electrons. The zero-order chi connectivity index (χ0) is 12.5. The van der Waals surface area contributed by atoms with Crippen molar-refractivity contribution in [2.75, 3.05) is 0 Å². The predicted molar refractivity (Wildman–Crippen MR) is 69.0 cm³/mol. The van der Waals surface area contributed by atoms with Gasteiger partial charge < -0.3 is 10.2 Å². The summed E-state index contributed by atoms with van der Waals surface area (Å²) in [4.78, 5) is 0. The fourth-order valence-corrected chi connectivity index (χ4v) is 2.89. The number of hydrogen-bond acceptors (Lipinski definition) is 2. The number of phenols is 1. The van der Waals surface area contributed by atoms with Crippen LogP contribution in [0, 0.1) is 5.41 Å². The molecule has 1 fully saturated rings. The monoisotopic (exact) mass is 234 g/mol. The van der Waals surface area contributed by atoms with Gasteiger partial charge >= 0.3 is 0 Å². The molecule has 1 aliphatic rings. The Morgan fingerprint density at radius 2 is 1.88 bits per heavy atom. The molecule has 0 aromatic heterocycles. The highest BCUT2D eigenvalue weighted by atomic mass is 16.3. The molecule has 2 rings (SSSR count). The van der Waals surface area contributed by atoms with E-state index < -0.39 is 5.60 Å². The Bertz CT molecular complexity index is 398. The van der Waals surface area contributed by atoms with Crippen LogP contribution >= 0.6 is 0 Å². The van der Waals surface area contributed by atoms with Crippen molar-refractivity contribution < 1.29 is 10.2 Å². The number of rotatable bonds is 2. The van der Waals surface area contributed by atoms with Gasteiger partial charge in [0.25, 0.3) is 0 Å². The molecule has 94 valence electrons. The maximum atomic E-state index is 10.9. The Morgan fingerprint density at radius 3 is 2.53 bits per heavy atom. The van der Waals surface area contributed by atoms with E-state index in [-0.39, 0.29) is 11.2 Å². The molecule has 1 saturated carbocycles. The standard InChI is InChI=1S/C15H22O2/c1-14(2)8-3-4-9-15(14,17)11-12-6-5-7-13(16)10-12/h5-7,10,16-17H,3-4,8-9,11H2,1-2H3. The average molecular weight is 234 g/mol. The summed E-state index contributed by atoms with van der Waals surface area (Å²) in [6.45, 7) is 4.30. The third kappa shape index (κ3) is 2.47. The van der Waals surface area contributed by atoms with Gasteiger partial charge in [0.2, 0.25) is 0 Å². The molecule has 0 saturated heterocycles. The first-order valence-corrected chi connectivity index (χ1v) is 6.43. The number of aromatic hydroxyl groups is 1. The van der Waals surface area contributed by atoms with Gasteiger partial charge in [0.05, 0.1) is 5.60 Å². The highest BCUT2D eigenvalue weighted by Gasteiger charge is 2.44. The lowest BCUT2D eigenvalue weighted by Crippen LogP contribution is -2.48. The number of aliphatic hydroxyl groups is 1. The largest absolute Gasteiger partial charge is 0.508 e. The van der Waals surface area contributed by atoms with Crippen molar-refractivity contribution in [3.05, 3.63) is 29.8 Å². The van der Waals surface area contributed by atoms with E-state index in [1.54, 1.807) is 12.1 Å². The van der Waals surface area contributed by atoms with Gasteiger partial charge in [-0.25, -0.2) is 0 Å². The molecule has 0 aliphatic heterocycles. The number of phenolic OH excluding ortho intramolecular Hbond substituents is 1. The molecule has 2 N–H and O–H groups in total. The Labute approximate surface area is 103 Å². The number of hydrogen-bond donors (Lipinski definition) is 2. The van der Waals surface area contributed by atoms with Crippen LogP contribution in [-0.4, -0.2) is 15.8 Å². The van der Waals surface area contributed by atoms with Crippen molar-refractivity contribution in [3.8, 4) is 5.75 Å². The van der Waals surface area contributed by atoms with E-state index in [2.05, 4.69) is 13.8 Å². The summed E-state index contributed by atoms with van der Waals surface area (Å²) >= 11 is 0. The maximum absolute atomic E-state index is 10.9. The zero-order valence-corrected chi connectivity index (χ0v) is 10.7. The van der Waals surface area contributed by atoms with Crippen molar-refractivity contribution in [3.63, 3.8) is 0 Å². The SMILES string of the molecule is CC1(C)CCCCC1(O)Cc1cccc(O)c1. The molecule has 0 amide bonds. The summed E-state index contributed by atoms with van der Waals surface area (Å²) < 4.78 is 0. The van der Waals surface area contributed by atoms with Crippen LogP contribution in [0.2, 0.25) is 0 Å². The Balaban J connectivity index is 2.21. The van der Waals surface area contributed by atoms with Crippen LogP contribution in [0.3, 0.4) is 0 Å². The minimum absolute atomic E-state index is 0.0449. The van der Waals surface area contributed by atoms with E-state index in [0.29, 0.717) is 6.42 Å². The Morgan fingerprint density at radius 1 is 1.18 bits per heavy atom. The van der Waals surface area contributed by atoms with Gasteiger partial charge in [-0.05, 0) is 36.0 Å². The lowest BCUT2D eigenvalue weighted by atomic mass is 9.63. The van der Waals surface area contributed by atoms with Crippen LogP contribution in [-0.2, 0) is 6.42 Å². The molecule has 2 heteroatoms. The molecule has 0 spiro atoms. The Hall–Kier alpha value is -1.02. The maximum Gasteiger partial charge on any atom is 0.115 e. The molecule has 1 aromatic carbocycles. The van der Waals surface area contributed by atoms with Crippen molar-refractivity contribution >= 4 is 0 Å². The second-order valence-electron chi connectivity index (χ2n) is 5.97. The lowest BCUT2D eigenvalue weighted by Gasteiger charge is -2.46. The number of benzene rings is 1. The summed E-state index contributed by atoms with van der Waals surface area (Å²) in [5.41, 5.74) is 0.331. The second kappa shape index (κ2) is 4.34. The van der Waals surface area contributed by atoms with Crippen LogP contribution in [0.15, 0.2) is 24.3 Å². The summed E-state index contributed by atoms with van der Waals surface area (Å²) in [5.74, 6) is 0.278. The molecule has 1 atom stereocenters. The highest BCUT2D eigenvalue weighted by Crippen LogP contribution is 2.45. The molecule has 1 aliphatic carbocycles. The van der Waals surface area contributed by atoms with Crippen molar-refractivity contribution in [1.29, 1.82) is 0 Å². The smallest absolute Gasteiger partial charge is 0.115 e. The van der Waals surface area contributed by atoms with Crippen molar-refractivity contribution in [1.82, 2.24) is 0 Å². The van der Waals surface area contributed by atoms with Crippen LogP contribution in [0.5, 0.6) is 5.75 Å². The predicted octanol–water partition coefficient (Wildman–Crippen LogP) is 3.27. The van der Waals surface area contributed by atoms with Crippen LogP contribution in [0.4, 0.5) is 0 Å². The summed E-state index contributed by atoms with van der Waals surface area (Å²) in [5, 5.41) is 20.3. The van der Waals surface area contributed by atoms with Crippen LogP contribution < -0.4 is 0 Å². The summed E-state index contributed by atoms with van der Waals surface area (Å²) in [6, 6.07) is 7.23. The average Bonchev–Trinajstić information content (AvgIpc) is 2.23. The van der Waals surface area contributed by atoms with Gasteiger partial charge in [-0.2, -0.15) is 0 Å². The van der Waals surface area contributed by atoms with E-state index in [0.717, 1.165) is 24.8 Å². The molecule has 0 heterocycles. The van der Waals surface area contributed by atoms with E-state index in [4.69, 9.17) is 0 Å². The van der Waals surface area contributed by atoms with Crippen molar-refractivity contribution in [2.45, 2.75) is 51.6 Å². The fourth-order valence-electron chi connectivity index (χ4n) is 2.89. The molecule has 2 nitrogen and oxygen atoms in total. The van der Waals surface area contributed by atoms with Gasteiger partial charge in [-0.3, -0.25) is 0 Å². The fraction of sp³-hybridized carbons (Fsp3) is 0.600. The third-order valence-electron chi connectivity index (χ3n) is 4.31. The summed E-state index contributed by atoms with van der Waals surface area (Å²) in [6.07, 6.45) is 4.86. The van der Waals surface area contributed by atoms with E-state index in [1.165, 1.54) is 6.42 Å². The molecule has 1 unspecified atom stereocenters. The normalized spacial score (nSPS) is 27.9. The van der Waals surface area contributed by atoms with Gasteiger partial charge in [0, 0.05) is 6.42 Å². The van der Waals surface area contributed by atoms with E-state index >= 15 is 0 Å². The van der Waals surface area contributed by atoms with Crippen LogP contribution in [0.1, 0.15) is 45.1 Å². The van der Waals surface area contributed by atoms with Crippen molar-refractivity contribution in [2.24, 2.45) is 5.41 Å². The summed E-state index contributed by atoms with van der Waals surface area (Å²) in [7, 11) is 0. The minimum Gasteiger partial charge on any atom is -0.508 e. The topological polar surface area (TPSA) is 40.5 Å². The molecular formula is C15H22O2. The highest BCUT2D eigenvalue weighted by molar-refractivity contribution is 5.28. The molecular weight excluding hydrogens is 212 g/mol. The second-order valence-corrected chi connectivity index (χ2v) is 5.97. The van der Waals surface area contributed by atoms with Gasteiger partial charge in [0.1, 0.15) is 5.75 Å². The van der Waals surface area contributed by atoms with Crippen LogP contribution in [0.25, 0.3) is 0 Å². The van der Waals surface area contributed by atoms with E-state index in [1.807, 2.05) is 12.1 Å². The minimum atomic E-state index is -0.640. The first-order chi connectivity index (χ1) is 7.93. The molecule has 1 aromatic rings. The zero-order valence-electron chi connectivity index (χ0n) is 10.7. The first-order valence-electron chi connectivity index (χ1n) is 6.43. The van der Waals surface area contributed by atoms with E-state index in [9.17, 15) is 10.2 Å². The molecule has 17 heavy (non-hydrogen) atoms. The Kier molecular flexibility index (Phi) is 3.17. The quantitative estimate of drug-likeness (QED) is 0.824. The van der Waals surface area contributed by atoms with Gasteiger partial charge in [0.15, 0.2) is 0 Å². The first kappa shape index (κ1) is 12.4.